The number of unbranched alkanes of at least 4 members (excludes halogenated alkanes) is 12. The van der Waals surface area contributed by atoms with Gasteiger partial charge >= 0.3 is 5.97 Å². The van der Waals surface area contributed by atoms with Crippen LogP contribution in [0.3, 0.4) is 0 Å². The van der Waals surface area contributed by atoms with Gasteiger partial charge in [-0.2, -0.15) is 5.10 Å². The zero-order chi connectivity index (χ0) is 25.8. The summed E-state index contributed by atoms with van der Waals surface area (Å²) in [5.41, 5.74) is 3.71. The van der Waals surface area contributed by atoms with Crippen molar-refractivity contribution < 1.29 is 14.3 Å². The summed E-state index contributed by atoms with van der Waals surface area (Å²) >= 11 is 5.85. The van der Waals surface area contributed by atoms with Crippen LogP contribution in [0.4, 0.5) is 0 Å². The number of hydrogen-bond donors (Lipinski definition) is 1. The van der Waals surface area contributed by atoms with E-state index in [1.165, 1.54) is 70.6 Å². The Morgan fingerprint density at radius 3 is 2.03 bits per heavy atom. The largest absolute Gasteiger partial charge is 0.423 e. The fraction of sp³-hybridized carbons (Fsp3) is 0.500. The molecule has 196 valence electrons. The molecule has 0 unspecified atom stereocenters. The van der Waals surface area contributed by atoms with Gasteiger partial charge in [0.05, 0.1) is 11.8 Å². The molecule has 1 amide bonds. The number of benzene rings is 2. The SMILES string of the molecule is CCCCCCCCCCCCCCCC(=O)NN=Cc1cccc(OC(=O)c2ccc(Cl)cc2)c1. The first-order valence-corrected chi connectivity index (χ1v) is 13.9. The Labute approximate surface area is 221 Å². The van der Waals surface area contributed by atoms with Gasteiger partial charge in [-0.05, 0) is 48.4 Å². The van der Waals surface area contributed by atoms with Crippen LogP contribution in [-0.2, 0) is 4.79 Å². The second kappa shape index (κ2) is 18.6. The van der Waals surface area contributed by atoms with Gasteiger partial charge in [0.15, 0.2) is 0 Å². The van der Waals surface area contributed by atoms with Crippen LogP contribution in [0.15, 0.2) is 53.6 Å². The van der Waals surface area contributed by atoms with Gasteiger partial charge in [0.1, 0.15) is 5.75 Å². The molecule has 6 heteroatoms. The second-order valence-corrected chi connectivity index (χ2v) is 9.69. The van der Waals surface area contributed by atoms with Gasteiger partial charge in [-0.15, -0.1) is 0 Å². The molecule has 0 bridgehead atoms. The Bertz CT molecular complexity index is 928. The molecular formula is C30H41ClN2O3. The molecule has 0 radical (unpaired) electrons. The average molecular weight is 513 g/mol. The van der Waals surface area contributed by atoms with Crippen LogP contribution in [0, 0.1) is 0 Å². The molecule has 0 saturated carbocycles. The lowest BCUT2D eigenvalue weighted by atomic mass is 10.0. The van der Waals surface area contributed by atoms with Gasteiger partial charge in [0.25, 0.3) is 0 Å². The van der Waals surface area contributed by atoms with Gasteiger partial charge in [0.2, 0.25) is 5.91 Å². The maximum Gasteiger partial charge on any atom is 0.343 e. The van der Waals surface area contributed by atoms with Crippen molar-refractivity contribution in [1.82, 2.24) is 5.43 Å². The summed E-state index contributed by atoms with van der Waals surface area (Å²) in [5.74, 6) is -0.149. The van der Waals surface area contributed by atoms with Crippen LogP contribution in [0.1, 0.15) is 113 Å². The van der Waals surface area contributed by atoms with Gasteiger partial charge in [-0.25, -0.2) is 10.2 Å². The monoisotopic (exact) mass is 512 g/mol. The molecule has 0 aliphatic rings. The van der Waals surface area contributed by atoms with E-state index in [0.717, 1.165) is 18.4 Å². The summed E-state index contributed by atoms with van der Waals surface area (Å²) in [6.07, 6.45) is 18.7. The first kappa shape index (κ1) is 29.6. The van der Waals surface area contributed by atoms with Gasteiger partial charge in [-0.1, -0.05) is 108 Å². The third kappa shape index (κ3) is 13.4. The van der Waals surface area contributed by atoms with Gasteiger partial charge < -0.3 is 4.74 Å². The number of carbonyl (C=O) groups is 2. The van der Waals surface area contributed by atoms with Crippen LogP contribution < -0.4 is 10.2 Å². The highest BCUT2D eigenvalue weighted by atomic mass is 35.5. The summed E-state index contributed by atoms with van der Waals surface area (Å²) in [4.78, 5) is 24.3. The summed E-state index contributed by atoms with van der Waals surface area (Å²) in [6.45, 7) is 2.26. The molecule has 36 heavy (non-hydrogen) atoms. The number of hydrazone groups is 1. The van der Waals surface area contributed by atoms with E-state index in [-0.39, 0.29) is 5.91 Å². The third-order valence-corrected chi connectivity index (χ3v) is 6.31. The molecule has 0 saturated heterocycles. The first-order valence-electron chi connectivity index (χ1n) is 13.5. The van der Waals surface area contributed by atoms with Crippen LogP contribution in [0.25, 0.3) is 0 Å². The van der Waals surface area contributed by atoms with E-state index >= 15 is 0 Å². The highest BCUT2D eigenvalue weighted by Gasteiger charge is 2.08. The fourth-order valence-electron chi connectivity index (χ4n) is 3.95. The molecule has 0 spiro atoms. The molecule has 0 heterocycles. The topological polar surface area (TPSA) is 67.8 Å². The molecular weight excluding hydrogens is 472 g/mol. The average Bonchev–Trinajstić information content (AvgIpc) is 2.87. The van der Waals surface area contributed by atoms with Crippen molar-refractivity contribution in [2.24, 2.45) is 5.10 Å². The Kier molecular flexibility index (Phi) is 15.3. The van der Waals surface area contributed by atoms with Crippen molar-refractivity contribution in [2.75, 3.05) is 0 Å². The number of carbonyl (C=O) groups excluding carboxylic acids is 2. The number of hydrogen-bond acceptors (Lipinski definition) is 4. The predicted octanol–water partition coefficient (Wildman–Crippen LogP) is 8.49. The molecule has 0 atom stereocenters. The molecule has 5 nitrogen and oxygen atoms in total. The molecule has 2 aromatic carbocycles. The quantitative estimate of drug-likeness (QED) is 0.0715. The minimum atomic E-state index is -0.466. The van der Waals surface area contributed by atoms with Crippen molar-refractivity contribution in [1.29, 1.82) is 0 Å². The Morgan fingerprint density at radius 1 is 0.833 bits per heavy atom. The number of nitrogens with zero attached hydrogens (tertiary/aromatic N) is 1. The minimum Gasteiger partial charge on any atom is -0.423 e. The van der Waals surface area contributed by atoms with E-state index in [1.54, 1.807) is 48.7 Å². The number of halogens is 1. The van der Waals surface area contributed by atoms with E-state index < -0.39 is 5.97 Å². The molecule has 0 aliphatic heterocycles. The molecule has 2 rings (SSSR count). The predicted molar refractivity (Wildman–Crippen MR) is 149 cm³/mol. The number of esters is 1. The molecule has 2 aromatic rings. The summed E-state index contributed by atoms with van der Waals surface area (Å²) in [7, 11) is 0. The Hall–Kier alpha value is -2.66. The summed E-state index contributed by atoms with van der Waals surface area (Å²) < 4.78 is 5.41. The summed E-state index contributed by atoms with van der Waals surface area (Å²) in [6, 6.07) is 13.5. The minimum absolute atomic E-state index is 0.0837. The molecule has 0 aromatic heterocycles. The second-order valence-electron chi connectivity index (χ2n) is 9.25. The highest BCUT2D eigenvalue weighted by molar-refractivity contribution is 6.30. The molecule has 1 N–H and O–H groups in total. The smallest absolute Gasteiger partial charge is 0.343 e. The lowest BCUT2D eigenvalue weighted by Crippen LogP contribution is -2.16. The van der Waals surface area contributed by atoms with E-state index in [0.29, 0.717) is 22.8 Å². The number of nitrogens with one attached hydrogen (secondary N) is 1. The van der Waals surface area contributed by atoms with E-state index in [4.69, 9.17) is 16.3 Å². The van der Waals surface area contributed by atoms with E-state index in [1.807, 2.05) is 6.07 Å². The Balaban J connectivity index is 1.54. The maximum absolute atomic E-state index is 12.2. The van der Waals surface area contributed by atoms with Crippen molar-refractivity contribution in [2.45, 2.75) is 96.8 Å². The normalized spacial score (nSPS) is 11.1. The zero-order valence-electron chi connectivity index (χ0n) is 21.6. The van der Waals surface area contributed by atoms with Gasteiger partial charge in [0, 0.05) is 11.4 Å². The molecule has 0 aliphatic carbocycles. The lowest BCUT2D eigenvalue weighted by Gasteiger charge is -2.05. The molecule has 0 fully saturated rings. The van der Waals surface area contributed by atoms with Crippen LogP contribution in [-0.4, -0.2) is 18.1 Å². The third-order valence-electron chi connectivity index (χ3n) is 6.06. The van der Waals surface area contributed by atoms with Crippen molar-refractivity contribution in [3.05, 3.63) is 64.7 Å². The summed E-state index contributed by atoms with van der Waals surface area (Å²) in [5, 5.41) is 4.59. The van der Waals surface area contributed by atoms with Gasteiger partial charge in [-0.3, -0.25) is 4.79 Å². The number of rotatable bonds is 18. The van der Waals surface area contributed by atoms with Crippen molar-refractivity contribution >= 4 is 29.7 Å². The zero-order valence-corrected chi connectivity index (χ0v) is 22.4. The number of amides is 1. The Morgan fingerprint density at radius 2 is 1.42 bits per heavy atom. The van der Waals surface area contributed by atoms with Crippen molar-refractivity contribution in [3.63, 3.8) is 0 Å². The maximum atomic E-state index is 12.2. The number of ether oxygens (including phenoxy) is 1. The van der Waals surface area contributed by atoms with Crippen LogP contribution in [0.2, 0.25) is 5.02 Å². The van der Waals surface area contributed by atoms with Crippen LogP contribution >= 0.6 is 11.6 Å². The van der Waals surface area contributed by atoms with E-state index in [2.05, 4.69) is 17.5 Å². The lowest BCUT2D eigenvalue weighted by molar-refractivity contribution is -0.121. The van der Waals surface area contributed by atoms with Crippen LogP contribution in [0.5, 0.6) is 5.75 Å². The standard InChI is InChI=1S/C30H41ClN2O3/c1-2-3-4-5-6-7-8-9-10-11-12-13-14-18-29(34)33-32-24-25-16-15-17-28(23-25)36-30(35)26-19-21-27(31)22-20-26/h15-17,19-24H,2-14,18H2,1H3,(H,33,34). The van der Waals surface area contributed by atoms with E-state index in [9.17, 15) is 9.59 Å². The highest BCUT2D eigenvalue weighted by Crippen LogP contribution is 2.16. The van der Waals surface area contributed by atoms with Crippen molar-refractivity contribution in [3.8, 4) is 5.75 Å². The first-order chi connectivity index (χ1) is 17.6. The fourth-order valence-corrected chi connectivity index (χ4v) is 4.07.